The number of nitrogens with zero attached hydrogens (tertiary/aromatic N) is 6. The summed E-state index contributed by atoms with van der Waals surface area (Å²) in [4.78, 5) is 15.9. The molecule has 1 N–H and O–H groups in total. The molecule has 106 valence electrons. The highest BCUT2D eigenvalue weighted by atomic mass is 35.5. The number of halogens is 2. The molecule has 0 unspecified atom stereocenters. The Balaban J connectivity index is 1.79. The van der Waals surface area contributed by atoms with E-state index in [9.17, 15) is 4.39 Å². The van der Waals surface area contributed by atoms with Crippen LogP contribution in [-0.4, -0.2) is 29.7 Å². The third-order valence-corrected chi connectivity index (χ3v) is 2.73. The molecular formula is C12H9ClFN7. The highest BCUT2D eigenvalue weighted by Gasteiger charge is 2.07. The van der Waals surface area contributed by atoms with E-state index >= 15 is 0 Å². The van der Waals surface area contributed by atoms with Crippen molar-refractivity contribution in [2.75, 3.05) is 5.32 Å². The van der Waals surface area contributed by atoms with Crippen molar-refractivity contribution < 1.29 is 4.39 Å². The predicted molar refractivity (Wildman–Crippen MR) is 73.5 cm³/mol. The first kappa shape index (κ1) is 13.4. The molecule has 0 saturated carbocycles. The van der Waals surface area contributed by atoms with Crippen LogP contribution in [0, 0.1) is 5.82 Å². The van der Waals surface area contributed by atoms with Gasteiger partial charge in [-0.1, -0.05) is 12.1 Å². The van der Waals surface area contributed by atoms with Crippen LogP contribution in [0.4, 0.5) is 10.3 Å². The van der Waals surface area contributed by atoms with Crippen LogP contribution in [0.1, 0.15) is 5.56 Å². The Hall–Kier alpha value is -2.61. The van der Waals surface area contributed by atoms with Gasteiger partial charge in [0.25, 0.3) is 5.95 Å². The molecule has 0 aliphatic carbocycles. The first-order chi connectivity index (χ1) is 10.2. The van der Waals surface area contributed by atoms with Gasteiger partial charge in [0.15, 0.2) is 0 Å². The summed E-state index contributed by atoms with van der Waals surface area (Å²) in [5.41, 5.74) is 0.758. The van der Waals surface area contributed by atoms with Gasteiger partial charge in [-0.15, -0.1) is 0 Å². The molecule has 2 heterocycles. The lowest BCUT2D eigenvalue weighted by atomic mass is 10.2. The summed E-state index contributed by atoms with van der Waals surface area (Å²) in [5.74, 6) is 0.213. The highest BCUT2D eigenvalue weighted by molar-refractivity contribution is 6.28. The maximum Gasteiger partial charge on any atom is 0.258 e. The number of hydrogen-bond donors (Lipinski definition) is 1. The molecule has 0 aliphatic heterocycles. The summed E-state index contributed by atoms with van der Waals surface area (Å²) in [7, 11) is 0. The third kappa shape index (κ3) is 3.29. The van der Waals surface area contributed by atoms with E-state index in [-0.39, 0.29) is 23.0 Å². The molecule has 0 saturated heterocycles. The van der Waals surface area contributed by atoms with Crippen LogP contribution in [0.15, 0.2) is 36.9 Å². The van der Waals surface area contributed by atoms with E-state index in [1.54, 1.807) is 12.1 Å². The van der Waals surface area contributed by atoms with Gasteiger partial charge in [0.2, 0.25) is 11.2 Å². The quantitative estimate of drug-likeness (QED) is 0.792. The lowest BCUT2D eigenvalue weighted by molar-refractivity contribution is 0.626. The summed E-state index contributed by atoms with van der Waals surface area (Å²) in [6.45, 7) is 0.356. The SMILES string of the molecule is Fc1cccc(CNc2nc(Cl)nc(-n3cncn3)n2)c1. The van der Waals surface area contributed by atoms with Crippen molar-refractivity contribution >= 4 is 17.5 Å². The van der Waals surface area contributed by atoms with Gasteiger partial charge >= 0.3 is 0 Å². The predicted octanol–water partition coefficient (Wildman–Crippen LogP) is 1.86. The van der Waals surface area contributed by atoms with E-state index < -0.39 is 0 Å². The molecule has 9 heteroatoms. The van der Waals surface area contributed by atoms with E-state index in [0.29, 0.717) is 6.54 Å². The Morgan fingerprint density at radius 1 is 1.24 bits per heavy atom. The van der Waals surface area contributed by atoms with Gasteiger partial charge in [-0.2, -0.15) is 24.7 Å². The third-order valence-electron chi connectivity index (χ3n) is 2.56. The average molecular weight is 306 g/mol. The minimum Gasteiger partial charge on any atom is -0.350 e. The molecule has 2 aromatic heterocycles. The molecule has 1 aromatic carbocycles. The van der Waals surface area contributed by atoms with Crippen molar-refractivity contribution in [2.24, 2.45) is 0 Å². The van der Waals surface area contributed by atoms with Crippen molar-refractivity contribution in [3.8, 4) is 5.95 Å². The fourth-order valence-electron chi connectivity index (χ4n) is 1.66. The second-order valence-electron chi connectivity index (χ2n) is 4.05. The zero-order chi connectivity index (χ0) is 14.7. The minimum absolute atomic E-state index is 0.0252. The first-order valence-corrected chi connectivity index (χ1v) is 6.33. The standard InChI is InChI=1S/C12H9ClFN7/c13-10-18-11(16-5-8-2-1-3-9(14)4-8)20-12(19-10)21-7-15-6-17-21/h1-4,6-7H,5H2,(H,16,18,19,20). The van der Waals surface area contributed by atoms with Crippen LogP contribution in [-0.2, 0) is 6.54 Å². The topological polar surface area (TPSA) is 81.4 Å². The number of benzene rings is 1. The zero-order valence-electron chi connectivity index (χ0n) is 10.6. The Kier molecular flexibility index (Phi) is 3.69. The Labute approximate surface area is 123 Å². The molecule has 0 fully saturated rings. The van der Waals surface area contributed by atoms with E-state index in [1.807, 2.05) is 0 Å². The summed E-state index contributed by atoms with van der Waals surface area (Å²) in [6.07, 6.45) is 2.81. The maximum absolute atomic E-state index is 13.1. The van der Waals surface area contributed by atoms with Crippen LogP contribution in [0.25, 0.3) is 5.95 Å². The summed E-state index contributed by atoms with van der Waals surface area (Å²) in [6, 6.07) is 6.23. The minimum atomic E-state index is -0.300. The van der Waals surface area contributed by atoms with Crippen molar-refractivity contribution in [2.45, 2.75) is 6.54 Å². The van der Waals surface area contributed by atoms with E-state index in [1.165, 1.54) is 29.5 Å². The molecule has 0 atom stereocenters. The Morgan fingerprint density at radius 2 is 2.14 bits per heavy atom. The lowest BCUT2D eigenvalue weighted by Crippen LogP contribution is -2.09. The molecular weight excluding hydrogens is 297 g/mol. The molecule has 0 spiro atoms. The summed E-state index contributed by atoms with van der Waals surface area (Å²) < 4.78 is 14.5. The number of anilines is 1. The van der Waals surface area contributed by atoms with Gasteiger partial charge in [-0.05, 0) is 29.3 Å². The van der Waals surface area contributed by atoms with Crippen LogP contribution in [0.2, 0.25) is 5.28 Å². The van der Waals surface area contributed by atoms with Gasteiger partial charge in [0.1, 0.15) is 18.5 Å². The monoisotopic (exact) mass is 305 g/mol. The summed E-state index contributed by atoms with van der Waals surface area (Å²) in [5, 5.41) is 6.90. The molecule has 21 heavy (non-hydrogen) atoms. The second kappa shape index (κ2) is 5.80. The zero-order valence-corrected chi connectivity index (χ0v) is 11.4. The molecule has 3 aromatic rings. The van der Waals surface area contributed by atoms with Gasteiger partial charge in [0.05, 0.1) is 0 Å². The smallest absolute Gasteiger partial charge is 0.258 e. The average Bonchev–Trinajstić information content (AvgIpc) is 2.99. The number of nitrogens with one attached hydrogen (secondary N) is 1. The van der Waals surface area contributed by atoms with E-state index in [2.05, 4.69) is 30.4 Å². The highest BCUT2D eigenvalue weighted by Crippen LogP contribution is 2.10. The van der Waals surface area contributed by atoms with Crippen LogP contribution >= 0.6 is 11.6 Å². The van der Waals surface area contributed by atoms with Crippen molar-refractivity contribution in [1.29, 1.82) is 0 Å². The first-order valence-electron chi connectivity index (χ1n) is 5.95. The Bertz CT molecular complexity index is 747. The molecule has 0 aliphatic rings. The fraction of sp³-hybridized carbons (Fsp3) is 0.0833. The molecule has 0 bridgehead atoms. The molecule has 0 radical (unpaired) electrons. The normalized spacial score (nSPS) is 10.6. The van der Waals surface area contributed by atoms with Crippen LogP contribution < -0.4 is 5.32 Å². The maximum atomic E-state index is 13.1. The fourth-order valence-corrected chi connectivity index (χ4v) is 1.82. The van der Waals surface area contributed by atoms with Crippen LogP contribution in [0.3, 0.4) is 0 Å². The molecule has 3 rings (SSSR count). The van der Waals surface area contributed by atoms with Crippen LogP contribution in [0.5, 0.6) is 0 Å². The van der Waals surface area contributed by atoms with Crippen molar-refractivity contribution in [3.63, 3.8) is 0 Å². The van der Waals surface area contributed by atoms with Gasteiger partial charge in [-0.3, -0.25) is 0 Å². The van der Waals surface area contributed by atoms with Crippen molar-refractivity contribution in [1.82, 2.24) is 29.7 Å². The Morgan fingerprint density at radius 3 is 2.90 bits per heavy atom. The number of hydrogen-bond acceptors (Lipinski definition) is 6. The molecule has 7 nitrogen and oxygen atoms in total. The second-order valence-corrected chi connectivity index (χ2v) is 4.39. The van der Waals surface area contributed by atoms with E-state index in [4.69, 9.17) is 11.6 Å². The van der Waals surface area contributed by atoms with Crippen molar-refractivity contribution in [3.05, 3.63) is 53.6 Å². The lowest BCUT2D eigenvalue weighted by Gasteiger charge is -2.06. The largest absolute Gasteiger partial charge is 0.350 e. The van der Waals surface area contributed by atoms with Gasteiger partial charge < -0.3 is 5.32 Å². The van der Waals surface area contributed by atoms with Gasteiger partial charge in [-0.25, -0.2) is 9.37 Å². The van der Waals surface area contributed by atoms with E-state index in [0.717, 1.165) is 5.56 Å². The number of rotatable bonds is 4. The molecule has 0 amide bonds. The number of aromatic nitrogens is 6. The van der Waals surface area contributed by atoms with Gasteiger partial charge in [0, 0.05) is 6.54 Å². The summed E-state index contributed by atoms with van der Waals surface area (Å²) >= 11 is 5.85.